The maximum atomic E-state index is 13.4. The Kier molecular flexibility index (Phi) is 10.5. The van der Waals surface area contributed by atoms with E-state index in [-0.39, 0.29) is 73.0 Å². The lowest BCUT2D eigenvalue weighted by atomic mass is 9.87. The maximum Gasteiger partial charge on any atom is 0.263 e. The average Bonchev–Trinajstić information content (AvgIpc) is 2.91. The summed E-state index contributed by atoms with van der Waals surface area (Å²) in [5.41, 5.74) is 0.835. The summed E-state index contributed by atoms with van der Waals surface area (Å²) in [6.45, 7) is 5.86. The van der Waals surface area contributed by atoms with Crippen molar-refractivity contribution in [3.63, 3.8) is 0 Å². The summed E-state index contributed by atoms with van der Waals surface area (Å²) in [7, 11) is -2.59. The number of methoxy groups -OCH3 is 1. The molecule has 0 aliphatic heterocycles. The second-order valence-electron chi connectivity index (χ2n) is 9.44. The Bertz CT molecular complexity index is 1330. The number of ether oxygens (including phenoxy) is 4. The number of aromatic nitrogens is 2. The summed E-state index contributed by atoms with van der Waals surface area (Å²) >= 11 is 0. The zero-order valence-corrected chi connectivity index (χ0v) is 23.3. The molecule has 12 heteroatoms. The van der Waals surface area contributed by atoms with E-state index in [0.717, 1.165) is 5.56 Å². The third kappa shape index (κ3) is 8.52. The molecule has 3 rings (SSSR count). The van der Waals surface area contributed by atoms with Crippen LogP contribution < -0.4 is 18.9 Å². The third-order valence-corrected chi connectivity index (χ3v) is 6.79. The fourth-order valence-electron chi connectivity index (χ4n) is 3.42. The van der Waals surface area contributed by atoms with Crippen LogP contribution in [0.4, 0.5) is 5.82 Å². The number of nitrogens with zero attached hydrogens (tertiary/aromatic N) is 2. The Morgan fingerprint density at radius 2 is 1.62 bits per heavy atom. The Balaban J connectivity index is 2.05. The largest absolute Gasteiger partial charge is 0.497 e. The molecule has 0 spiro atoms. The number of benzene rings is 2. The lowest BCUT2D eigenvalue weighted by molar-refractivity contribution is 0.0934. The van der Waals surface area contributed by atoms with Crippen LogP contribution in [0.1, 0.15) is 32.2 Å². The monoisotopic (exact) mass is 561 g/mol. The van der Waals surface area contributed by atoms with Gasteiger partial charge in [0.15, 0.2) is 5.82 Å². The fraction of sp³-hybridized carbons (Fsp3) is 0.407. The van der Waals surface area contributed by atoms with E-state index < -0.39 is 10.0 Å². The van der Waals surface area contributed by atoms with Crippen LogP contribution in [0.15, 0.2) is 53.4 Å². The third-order valence-electron chi connectivity index (χ3n) is 5.44. The van der Waals surface area contributed by atoms with Gasteiger partial charge in [0.2, 0.25) is 5.75 Å². The van der Waals surface area contributed by atoms with Gasteiger partial charge in [-0.15, -0.1) is 0 Å². The summed E-state index contributed by atoms with van der Waals surface area (Å²) in [4.78, 5) is 8.81. The molecule has 11 nitrogen and oxygen atoms in total. The summed E-state index contributed by atoms with van der Waals surface area (Å²) < 4.78 is 51.6. The minimum atomic E-state index is -4.10. The maximum absolute atomic E-state index is 13.4. The van der Waals surface area contributed by atoms with Crippen molar-refractivity contribution in [2.24, 2.45) is 0 Å². The van der Waals surface area contributed by atoms with Crippen LogP contribution in [0.25, 0.3) is 0 Å². The number of rotatable bonds is 14. The predicted octanol–water partition coefficient (Wildman–Crippen LogP) is 3.30. The number of aliphatic hydroxyl groups is 2. The molecule has 0 radical (unpaired) electrons. The zero-order chi connectivity index (χ0) is 28.5. The molecule has 0 saturated carbocycles. The highest BCUT2D eigenvalue weighted by molar-refractivity contribution is 7.92. The first-order valence-corrected chi connectivity index (χ1v) is 13.8. The summed E-state index contributed by atoms with van der Waals surface area (Å²) in [5.74, 6) is 0.731. The summed E-state index contributed by atoms with van der Waals surface area (Å²) in [6.07, 6.45) is 0.198. The molecule has 2 aromatic carbocycles. The van der Waals surface area contributed by atoms with Gasteiger partial charge >= 0.3 is 0 Å². The first-order chi connectivity index (χ1) is 18.6. The Labute approximate surface area is 228 Å². The second-order valence-corrected chi connectivity index (χ2v) is 11.1. The van der Waals surface area contributed by atoms with Gasteiger partial charge < -0.3 is 29.2 Å². The van der Waals surface area contributed by atoms with Crippen molar-refractivity contribution in [2.75, 3.05) is 44.9 Å². The quantitative estimate of drug-likeness (QED) is 0.250. The van der Waals surface area contributed by atoms with Gasteiger partial charge in [-0.2, -0.15) is 4.98 Å². The van der Waals surface area contributed by atoms with Gasteiger partial charge in [0.25, 0.3) is 15.9 Å². The van der Waals surface area contributed by atoms with Crippen molar-refractivity contribution in [1.82, 2.24) is 9.97 Å². The van der Waals surface area contributed by atoms with Crippen molar-refractivity contribution in [3.8, 4) is 23.1 Å². The number of hydrogen-bond donors (Lipinski definition) is 3. The molecule has 0 saturated heterocycles. The fourth-order valence-corrected chi connectivity index (χ4v) is 4.43. The number of nitrogens with one attached hydrogen (secondary N) is 1. The molecule has 3 N–H and O–H groups in total. The molecule has 0 atom stereocenters. The van der Waals surface area contributed by atoms with E-state index in [1.807, 2.05) is 20.8 Å². The van der Waals surface area contributed by atoms with Gasteiger partial charge in [-0.1, -0.05) is 39.0 Å². The molecule has 1 aromatic heterocycles. The molecular weight excluding hydrogens is 526 g/mol. The Hall–Kier alpha value is -3.45. The molecule has 3 aromatic rings. The molecule has 0 bridgehead atoms. The highest BCUT2D eigenvalue weighted by Gasteiger charge is 2.25. The number of anilines is 1. The van der Waals surface area contributed by atoms with E-state index >= 15 is 0 Å². The van der Waals surface area contributed by atoms with Gasteiger partial charge in [-0.25, -0.2) is 13.4 Å². The van der Waals surface area contributed by atoms with E-state index in [1.165, 1.54) is 19.2 Å². The van der Waals surface area contributed by atoms with Crippen molar-refractivity contribution >= 4 is 15.8 Å². The normalized spacial score (nSPS) is 11.7. The molecule has 1 heterocycles. The summed E-state index contributed by atoms with van der Waals surface area (Å²) in [6, 6.07) is 13.3. The van der Waals surface area contributed by atoms with Crippen LogP contribution in [-0.2, 0) is 26.6 Å². The number of sulfonamides is 1. The van der Waals surface area contributed by atoms with Crippen LogP contribution >= 0.6 is 0 Å². The molecule has 39 heavy (non-hydrogen) atoms. The number of aliphatic hydroxyl groups excluding tert-OH is 2. The second kappa shape index (κ2) is 13.6. The average molecular weight is 562 g/mol. The molecular formula is C27H35N3O8S. The number of hydrogen-bond acceptors (Lipinski definition) is 10. The molecule has 0 fully saturated rings. The van der Waals surface area contributed by atoms with Crippen LogP contribution in [0.3, 0.4) is 0 Å². The smallest absolute Gasteiger partial charge is 0.263 e. The molecule has 0 aliphatic rings. The minimum absolute atomic E-state index is 0.0344. The van der Waals surface area contributed by atoms with Gasteiger partial charge in [-0.05, 0) is 35.2 Å². The van der Waals surface area contributed by atoms with Crippen molar-refractivity contribution in [3.05, 3.63) is 59.9 Å². The first-order valence-electron chi connectivity index (χ1n) is 12.4. The van der Waals surface area contributed by atoms with E-state index in [1.54, 1.807) is 36.4 Å². The molecule has 0 unspecified atom stereocenters. The van der Waals surface area contributed by atoms with E-state index in [2.05, 4.69) is 14.7 Å². The molecule has 0 aliphatic carbocycles. The predicted molar refractivity (Wildman–Crippen MR) is 145 cm³/mol. The highest BCUT2D eigenvalue weighted by Crippen LogP contribution is 2.38. The SMILES string of the molecule is COc1cccc(Oc2c(NS(=O)(=O)c3ccc(C(C)(C)C)cc3)nc(CCOCCO)nc2OCCO)c1. The van der Waals surface area contributed by atoms with E-state index in [4.69, 9.17) is 24.1 Å². The topological polar surface area (TPSA) is 149 Å². The Morgan fingerprint density at radius 1 is 0.923 bits per heavy atom. The van der Waals surface area contributed by atoms with Crippen LogP contribution in [-0.4, -0.2) is 68.7 Å². The van der Waals surface area contributed by atoms with E-state index in [0.29, 0.717) is 11.5 Å². The standard InChI is InChI=1S/C27H35N3O8S/c1-27(2,3)19-8-10-22(11-9-19)39(33,34)30-25-24(38-21-7-5-6-20(18-21)35-4)26(37-17-14-32)29-23(28-25)12-15-36-16-13-31/h5-11,18,31-32H,12-17H2,1-4H3,(H,28,29,30). The van der Waals surface area contributed by atoms with Crippen molar-refractivity contribution < 1.29 is 37.6 Å². The highest BCUT2D eigenvalue weighted by atomic mass is 32.2. The first kappa shape index (κ1) is 30.1. The van der Waals surface area contributed by atoms with Crippen LogP contribution in [0.2, 0.25) is 0 Å². The van der Waals surface area contributed by atoms with Crippen LogP contribution in [0.5, 0.6) is 23.1 Å². The van der Waals surface area contributed by atoms with Crippen molar-refractivity contribution in [2.45, 2.75) is 37.5 Å². The zero-order valence-electron chi connectivity index (χ0n) is 22.5. The van der Waals surface area contributed by atoms with Crippen LogP contribution in [0, 0.1) is 0 Å². The van der Waals surface area contributed by atoms with Gasteiger partial charge in [-0.3, -0.25) is 4.72 Å². The Morgan fingerprint density at radius 3 is 2.26 bits per heavy atom. The lowest BCUT2D eigenvalue weighted by Crippen LogP contribution is -2.18. The van der Waals surface area contributed by atoms with E-state index in [9.17, 15) is 13.5 Å². The minimum Gasteiger partial charge on any atom is -0.497 e. The van der Waals surface area contributed by atoms with Gasteiger partial charge in [0.1, 0.15) is 23.9 Å². The van der Waals surface area contributed by atoms with Crippen molar-refractivity contribution in [1.29, 1.82) is 0 Å². The van der Waals surface area contributed by atoms with Gasteiger partial charge in [0.05, 0.1) is 38.4 Å². The van der Waals surface area contributed by atoms with Gasteiger partial charge in [0, 0.05) is 12.5 Å². The summed E-state index contributed by atoms with van der Waals surface area (Å²) in [5, 5.41) is 18.3. The lowest BCUT2D eigenvalue weighted by Gasteiger charge is -2.20. The molecule has 212 valence electrons. The molecule has 0 amide bonds.